The van der Waals surface area contributed by atoms with E-state index >= 15 is 0 Å². The van der Waals surface area contributed by atoms with E-state index in [4.69, 9.17) is 4.42 Å². The first kappa shape index (κ1) is 12.5. The summed E-state index contributed by atoms with van der Waals surface area (Å²) in [5, 5.41) is 22.8. The van der Waals surface area contributed by atoms with Crippen LogP contribution in [-0.2, 0) is 0 Å². The largest absolute Gasteiger partial charge is 0.507 e. The molecule has 4 nitrogen and oxygen atoms in total. The van der Waals surface area contributed by atoms with Crippen molar-refractivity contribution in [1.29, 1.82) is 0 Å². The van der Waals surface area contributed by atoms with Crippen LogP contribution in [0.25, 0.3) is 0 Å². The lowest BCUT2D eigenvalue weighted by atomic mass is 10.0. The molecule has 0 aliphatic carbocycles. The fourth-order valence-electron chi connectivity index (χ4n) is 2.06. The van der Waals surface area contributed by atoms with Gasteiger partial charge in [-0.1, -0.05) is 6.07 Å². The van der Waals surface area contributed by atoms with Crippen molar-refractivity contribution in [2.75, 3.05) is 0 Å². The van der Waals surface area contributed by atoms with E-state index < -0.39 is 0 Å². The highest BCUT2D eigenvalue weighted by atomic mass is 16.3. The fourth-order valence-corrected chi connectivity index (χ4v) is 2.06. The van der Waals surface area contributed by atoms with Crippen LogP contribution in [0.2, 0.25) is 0 Å². The summed E-state index contributed by atoms with van der Waals surface area (Å²) in [4.78, 5) is 0. The van der Waals surface area contributed by atoms with Gasteiger partial charge in [-0.2, -0.15) is 0 Å². The molecule has 4 heteroatoms. The van der Waals surface area contributed by atoms with Gasteiger partial charge in [0, 0.05) is 6.04 Å². The molecule has 0 aliphatic rings. The number of nitrogens with one attached hydrogen (secondary N) is 1. The summed E-state index contributed by atoms with van der Waals surface area (Å²) < 4.78 is 5.31. The Balaban J connectivity index is 2.15. The molecular weight excluding hydrogens is 230 g/mol. The number of phenolic OH excluding ortho intramolecular Hbond substituents is 2. The van der Waals surface area contributed by atoms with Crippen LogP contribution in [0.15, 0.2) is 41.0 Å². The van der Waals surface area contributed by atoms with Gasteiger partial charge in [-0.25, -0.2) is 0 Å². The summed E-state index contributed by atoms with van der Waals surface area (Å²) in [7, 11) is 0. The maximum atomic E-state index is 9.78. The Labute approximate surface area is 106 Å². The predicted molar refractivity (Wildman–Crippen MR) is 68.4 cm³/mol. The van der Waals surface area contributed by atoms with E-state index in [1.54, 1.807) is 24.5 Å². The molecule has 0 aliphatic heterocycles. The molecule has 0 fully saturated rings. The number of hydrogen-bond acceptors (Lipinski definition) is 4. The molecule has 0 saturated carbocycles. The van der Waals surface area contributed by atoms with Gasteiger partial charge in [0.2, 0.25) is 0 Å². The van der Waals surface area contributed by atoms with E-state index in [2.05, 4.69) is 5.32 Å². The molecule has 1 aromatic heterocycles. The molecule has 0 saturated heterocycles. The predicted octanol–water partition coefficient (Wildman–Crippen LogP) is 3.10. The van der Waals surface area contributed by atoms with Crippen LogP contribution in [0.5, 0.6) is 11.5 Å². The van der Waals surface area contributed by atoms with E-state index in [1.807, 2.05) is 26.0 Å². The zero-order chi connectivity index (χ0) is 13.1. The van der Waals surface area contributed by atoms with Crippen molar-refractivity contribution in [2.45, 2.75) is 25.9 Å². The van der Waals surface area contributed by atoms with Gasteiger partial charge in [0.15, 0.2) is 0 Å². The highest BCUT2D eigenvalue weighted by Crippen LogP contribution is 2.33. The first-order valence-electron chi connectivity index (χ1n) is 5.90. The third-order valence-corrected chi connectivity index (χ3v) is 2.96. The lowest BCUT2D eigenvalue weighted by Gasteiger charge is -2.20. The second-order valence-electron chi connectivity index (χ2n) is 4.34. The van der Waals surface area contributed by atoms with Crippen molar-refractivity contribution in [3.8, 4) is 11.5 Å². The zero-order valence-electron chi connectivity index (χ0n) is 10.4. The summed E-state index contributed by atoms with van der Waals surface area (Å²) in [5.74, 6) is 0.986. The van der Waals surface area contributed by atoms with Gasteiger partial charge in [0.25, 0.3) is 0 Å². The van der Waals surface area contributed by atoms with Crippen molar-refractivity contribution in [3.63, 3.8) is 0 Å². The van der Waals surface area contributed by atoms with E-state index in [9.17, 15) is 10.2 Å². The van der Waals surface area contributed by atoms with Crippen LogP contribution in [-0.4, -0.2) is 10.2 Å². The van der Waals surface area contributed by atoms with Gasteiger partial charge in [0.1, 0.15) is 17.3 Å². The minimum absolute atomic E-state index is 0.00555. The molecule has 0 radical (unpaired) electrons. The van der Waals surface area contributed by atoms with Gasteiger partial charge < -0.3 is 19.9 Å². The molecule has 96 valence electrons. The number of phenols is 2. The highest BCUT2D eigenvalue weighted by molar-refractivity contribution is 5.45. The molecule has 0 amide bonds. The molecule has 3 N–H and O–H groups in total. The Kier molecular flexibility index (Phi) is 3.58. The van der Waals surface area contributed by atoms with Gasteiger partial charge in [-0.15, -0.1) is 0 Å². The second-order valence-corrected chi connectivity index (χ2v) is 4.34. The van der Waals surface area contributed by atoms with Crippen molar-refractivity contribution in [1.82, 2.24) is 5.32 Å². The summed E-state index contributed by atoms with van der Waals surface area (Å²) in [5.41, 5.74) is 0.496. The van der Waals surface area contributed by atoms with Crippen LogP contribution in [0.3, 0.4) is 0 Å². The second kappa shape index (κ2) is 5.14. The van der Waals surface area contributed by atoms with E-state index in [-0.39, 0.29) is 23.6 Å². The smallest absolute Gasteiger partial charge is 0.124 e. The van der Waals surface area contributed by atoms with Crippen molar-refractivity contribution in [2.24, 2.45) is 0 Å². The Morgan fingerprint density at radius 1 is 1.00 bits per heavy atom. The van der Waals surface area contributed by atoms with E-state index in [1.165, 1.54) is 0 Å². The molecule has 1 heterocycles. The maximum absolute atomic E-state index is 9.78. The van der Waals surface area contributed by atoms with Crippen LogP contribution in [0.4, 0.5) is 0 Å². The maximum Gasteiger partial charge on any atom is 0.124 e. The standard InChI is InChI=1S/C14H17NO3/c1-9(13-7-4-8-18-13)15-10(2)14-11(16)5-3-6-12(14)17/h3-10,15-17H,1-2H3/t9-,10?/m1/s1. The van der Waals surface area contributed by atoms with E-state index in [0.717, 1.165) is 5.76 Å². The number of rotatable bonds is 4. The molecule has 2 atom stereocenters. The van der Waals surface area contributed by atoms with Crippen LogP contribution in [0.1, 0.15) is 37.3 Å². The van der Waals surface area contributed by atoms with Gasteiger partial charge in [0.05, 0.1) is 17.9 Å². The number of hydrogen-bond donors (Lipinski definition) is 3. The minimum atomic E-state index is -0.189. The van der Waals surface area contributed by atoms with Gasteiger partial charge in [-0.05, 0) is 38.1 Å². The van der Waals surface area contributed by atoms with Gasteiger partial charge >= 0.3 is 0 Å². The first-order chi connectivity index (χ1) is 8.59. The van der Waals surface area contributed by atoms with Crippen LogP contribution >= 0.6 is 0 Å². The summed E-state index contributed by atoms with van der Waals surface area (Å²) in [6, 6.07) is 8.25. The van der Waals surface area contributed by atoms with E-state index in [0.29, 0.717) is 5.56 Å². The third kappa shape index (κ3) is 2.49. The normalized spacial score (nSPS) is 14.3. The molecule has 1 aromatic carbocycles. The SMILES string of the molecule is CC(N[C@H](C)c1ccco1)c1c(O)cccc1O. The van der Waals surface area contributed by atoms with Crippen molar-refractivity contribution >= 4 is 0 Å². The Morgan fingerprint density at radius 2 is 1.67 bits per heavy atom. The number of furan rings is 1. The molecular formula is C14H17NO3. The fraction of sp³-hybridized carbons (Fsp3) is 0.286. The number of aromatic hydroxyl groups is 2. The van der Waals surface area contributed by atoms with Crippen LogP contribution < -0.4 is 5.32 Å². The lowest BCUT2D eigenvalue weighted by Crippen LogP contribution is -2.22. The Bertz CT molecular complexity index is 488. The lowest BCUT2D eigenvalue weighted by molar-refractivity contribution is 0.379. The quantitative estimate of drug-likeness (QED) is 0.776. The average molecular weight is 247 g/mol. The Morgan fingerprint density at radius 3 is 2.22 bits per heavy atom. The molecule has 18 heavy (non-hydrogen) atoms. The topological polar surface area (TPSA) is 65.6 Å². The van der Waals surface area contributed by atoms with Crippen molar-refractivity contribution < 1.29 is 14.6 Å². The number of benzene rings is 1. The zero-order valence-corrected chi connectivity index (χ0v) is 10.4. The summed E-state index contributed by atoms with van der Waals surface area (Å²) in [6.45, 7) is 3.85. The van der Waals surface area contributed by atoms with Gasteiger partial charge in [-0.3, -0.25) is 0 Å². The molecule has 0 bridgehead atoms. The highest BCUT2D eigenvalue weighted by Gasteiger charge is 2.18. The molecule has 2 aromatic rings. The van der Waals surface area contributed by atoms with Crippen molar-refractivity contribution in [3.05, 3.63) is 47.9 Å². The third-order valence-electron chi connectivity index (χ3n) is 2.96. The average Bonchev–Trinajstić information content (AvgIpc) is 2.81. The molecule has 0 spiro atoms. The molecule has 2 rings (SSSR count). The Hall–Kier alpha value is -1.94. The first-order valence-corrected chi connectivity index (χ1v) is 5.90. The summed E-state index contributed by atoms with van der Waals surface area (Å²) >= 11 is 0. The monoisotopic (exact) mass is 247 g/mol. The molecule has 1 unspecified atom stereocenters. The summed E-state index contributed by atoms with van der Waals surface area (Å²) in [6.07, 6.45) is 1.62. The van der Waals surface area contributed by atoms with Crippen LogP contribution in [0, 0.1) is 0 Å². The minimum Gasteiger partial charge on any atom is -0.507 e.